The van der Waals surface area contributed by atoms with Crippen molar-refractivity contribution in [2.75, 3.05) is 0 Å². The molecule has 3 nitrogen and oxygen atoms in total. The summed E-state index contributed by atoms with van der Waals surface area (Å²) >= 11 is 1.64. The molecule has 0 spiro atoms. The van der Waals surface area contributed by atoms with Crippen LogP contribution in [-0.4, -0.2) is 21.8 Å². The lowest BCUT2D eigenvalue weighted by Crippen LogP contribution is -2.32. The molecular weight excluding hydrogens is 256 g/mol. The predicted molar refractivity (Wildman–Crippen MR) is 76.2 cm³/mol. The van der Waals surface area contributed by atoms with E-state index in [1.165, 1.54) is 0 Å². The van der Waals surface area contributed by atoms with Crippen molar-refractivity contribution in [1.29, 1.82) is 0 Å². The topological polar surface area (TPSA) is 33.2 Å². The molecule has 1 aromatic heterocycles. The van der Waals surface area contributed by atoms with Gasteiger partial charge in [0.05, 0.1) is 17.2 Å². The largest absolute Gasteiger partial charge is 0.330 e. The van der Waals surface area contributed by atoms with Gasteiger partial charge in [0, 0.05) is 17.0 Å². The number of carbonyl (C=O) groups excluding carboxylic acids is 1. The molecule has 98 valence electrons. The number of benzene rings is 1. The molecule has 0 atom stereocenters. The fourth-order valence-corrected chi connectivity index (χ4v) is 2.76. The van der Waals surface area contributed by atoms with Crippen LogP contribution < -0.4 is 0 Å². The van der Waals surface area contributed by atoms with Crippen LogP contribution in [0.2, 0.25) is 0 Å². The molecule has 0 aliphatic heterocycles. The molecule has 0 radical (unpaired) electrons. The van der Waals surface area contributed by atoms with Crippen molar-refractivity contribution in [1.82, 2.24) is 9.88 Å². The second-order valence-corrected chi connectivity index (χ2v) is 5.95. The summed E-state index contributed by atoms with van der Waals surface area (Å²) in [6.45, 7) is 2.62. The molecule has 1 aliphatic carbocycles. The van der Waals surface area contributed by atoms with Gasteiger partial charge in [0.2, 0.25) is 0 Å². The second-order valence-electron chi connectivity index (χ2n) is 4.89. The van der Waals surface area contributed by atoms with Gasteiger partial charge in [-0.25, -0.2) is 4.98 Å². The Labute approximate surface area is 116 Å². The van der Waals surface area contributed by atoms with E-state index in [-0.39, 0.29) is 5.91 Å². The van der Waals surface area contributed by atoms with E-state index in [0.29, 0.717) is 12.6 Å². The van der Waals surface area contributed by atoms with Crippen molar-refractivity contribution < 1.29 is 4.79 Å². The van der Waals surface area contributed by atoms with Crippen LogP contribution in [0.1, 0.15) is 33.9 Å². The molecule has 19 heavy (non-hydrogen) atoms. The molecule has 1 fully saturated rings. The molecule has 2 aromatic rings. The van der Waals surface area contributed by atoms with Crippen LogP contribution in [0.5, 0.6) is 0 Å². The van der Waals surface area contributed by atoms with E-state index in [2.05, 4.69) is 4.98 Å². The van der Waals surface area contributed by atoms with E-state index < -0.39 is 0 Å². The maximum atomic E-state index is 12.5. The Bertz CT molecular complexity index is 575. The molecule has 4 heteroatoms. The number of nitrogens with zero attached hydrogens (tertiary/aromatic N) is 2. The maximum absolute atomic E-state index is 12.5. The Hall–Kier alpha value is -1.68. The summed E-state index contributed by atoms with van der Waals surface area (Å²) in [6, 6.07) is 9.90. The van der Waals surface area contributed by atoms with Crippen LogP contribution in [0, 0.1) is 6.92 Å². The molecule has 0 unspecified atom stereocenters. The Morgan fingerprint density at radius 1 is 1.37 bits per heavy atom. The van der Waals surface area contributed by atoms with Gasteiger partial charge in [-0.3, -0.25) is 4.79 Å². The minimum Gasteiger partial charge on any atom is -0.330 e. The van der Waals surface area contributed by atoms with Gasteiger partial charge in [-0.15, -0.1) is 11.3 Å². The highest BCUT2D eigenvalue weighted by Crippen LogP contribution is 2.30. The summed E-state index contributed by atoms with van der Waals surface area (Å²) in [4.78, 5) is 19.0. The van der Waals surface area contributed by atoms with Crippen LogP contribution in [-0.2, 0) is 6.54 Å². The molecule has 3 rings (SSSR count). The summed E-state index contributed by atoms with van der Waals surface area (Å²) in [5.74, 6) is 0.119. The van der Waals surface area contributed by atoms with E-state index in [4.69, 9.17) is 0 Å². The number of hydrogen-bond acceptors (Lipinski definition) is 3. The van der Waals surface area contributed by atoms with E-state index in [0.717, 1.165) is 29.1 Å². The number of thiazole rings is 1. The van der Waals surface area contributed by atoms with E-state index in [1.54, 1.807) is 11.3 Å². The van der Waals surface area contributed by atoms with Crippen molar-refractivity contribution >= 4 is 17.2 Å². The highest BCUT2D eigenvalue weighted by Gasteiger charge is 2.33. The molecule has 1 heterocycles. The number of rotatable bonds is 4. The van der Waals surface area contributed by atoms with E-state index >= 15 is 0 Å². The fourth-order valence-electron chi connectivity index (χ4n) is 2.15. The van der Waals surface area contributed by atoms with E-state index in [1.807, 2.05) is 47.5 Å². The average molecular weight is 272 g/mol. The number of aromatic nitrogens is 1. The SMILES string of the molecule is Cc1nc(CN(C(=O)c2ccccc2)C2CC2)cs1. The zero-order valence-electron chi connectivity index (χ0n) is 10.9. The third kappa shape index (κ3) is 2.84. The van der Waals surface area contributed by atoms with Crippen LogP contribution in [0.25, 0.3) is 0 Å². The highest BCUT2D eigenvalue weighted by molar-refractivity contribution is 7.09. The fraction of sp³-hybridized carbons (Fsp3) is 0.333. The first-order valence-electron chi connectivity index (χ1n) is 6.51. The van der Waals surface area contributed by atoms with Crippen LogP contribution in [0.15, 0.2) is 35.7 Å². The molecule has 1 aromatic carbocycles. The summed E-state index contributed by atoms with van der Waals surface area (Å²) in [5, 5.41) is 3.10. The third-order valence-electron chi connectivity index (χ3n) is 3.27. The van der Waals surface area contributed by atoms with E-state index in [9.17, 15) is 4.79 Å². The minimum atomic E-state index is 0.119. The lowest BCUT2D eigenvalue weighted by Gasteiger charge is -2.21. The molecule has 0 saturated heterocycles. The van der Waals surface area contributed by atoms with Gasteiger partial charge in [-0.2, -0.15) is 0 Å². The average Bonchev–Trinajstić information content (AvgIpc) is 3.20. The van der Waals surface area contributed by atoms with Gasteiger partial charge >= 0.3 is 0 Å². The Morgan fingerprint density at radius 2 is 2.11 bits per heavy atom. The van der Waals surface area contributed by atoms with Crippen molar-refractivity contribution in [2.24, 2.45) is 0 Å². The van der Waals surface area contributed by atoms with Crippen molar-refractivity contribution in [3.8, 4) is 0 Å². The van der Waals surface area contributed by atoms with Crippen LogP contribution in [0.3, 0.4) is 0 Å². The first-order valence-corrected chi connectivity index (χ1v) is 7.39. The standard InChI is InChI=1S/C15H16N2OS/c1-11-16-13(10-19-11)9-17(14-7-8-14)15(18)12-5-3-2-4-6-12/h2-6,10,14H,7-9H2,1H3. The summed E-state index contributed by atoms with van der Waals surface area (Å²) in [6.07, 6.45) is 2.23. The van der Waals surface area contributed by atoms with Crippen LogP contribution in [0.4, 0.5) is 0 Å². The first-order chi connectivity index (χ1) is 9.24. The van der Waals surface area contributed by atoms with Gasteiger partial charge in [-0.1, -0.05) is 18.2 Å². The Balaban J connectivity index is 1.79. The second kappa shape index (κ2) is 5.13. The molecule has 1 amide bonds. The van der Waals surface area contributed by atoms with Gasteiger partial charge < -0.3 is 4.90 Å². The quantitative estimate of drug-likeness (QED) is 0.856. The summed E-state index contributed by atoms with van der Waals surface area (Å²) < 4.78 is 0. The molecule has 1 aliphatic rings. The van der Waals surface area contributed by atoms with Crippen molar-refractivity contribution in [3.05, 3.63) is 52.0 Å². The number of hydrogen-bond donors (Lipinski definition) is 0. The molecule has 1 saturated carbocycles. The zero-order chi connectivity index (χ0) is 13.2. The molecular formula is C15H16N2OS. The smallest absolute Gasteiger partial charge is 0.254 e. The summed E-state index contributed by atoms with van der Waals surface area (Å²) in [5.41, 5.74) is 1.76. The Kier molecular flexibility index (Phi) is 3.34. The van der Waals surface area contributed by atoms with Crippen molar-refractivity contribution in [2.45, 2.75) is 32.4 Å². The summed E-state index contributed by atoms with van der Waals surface area (Å²) in [7, 11) is 0. The van der Waals surface area contributed by atoms with Gasteiger partial charge in [0.15, 0.2) is 0 Å². The van der Waals surface area contributed by atoms with Crippen molar-refractivity contribution in [3.63, 3.8) is 0 Å². The number of amides is 1. The van der Waals surface area contributed by atoms with Gasteiger partial charge in [0.1, 0.15) is 0 Å². The maximum Gasteiger partial charge on any atom is 0.254 e. The molecule has 0 bridgehead atoms. The monoisotopic (exact) mass is 272 g/mol. The minimum absolute atomic E-state index is 0.119. The zero-order valence-corrected chi connectivity index (χ0v) is 11.7. The normalized spacial score (nSPS) is 14.4. The lowest BCUT2D eigenvalue weighted by molar-refractivity contribution is 0.0728. The first kappa shape index (κ1) is 12.4. The lowest BCUT2D eigenvalue weighted by atomic mass is 10.2. The third-order valence-corrected chi connectivity index (χ3v) is 4.09. The van der Waals surface area contributed by atoms with Gasteiger partial charge in [-0.05, 0) is 31.9 Å². The predicted octanol–water partition coefficient (Wildman–Crippen LogP) is 3.26. The number of aryl methyl sites for hydroxylation is 1. The van der Waals surface area contributed by atoms with Crippen LogP contribution >= 0.6 is 11.3 Å². The van der Waals surface area contributed by atoms with Gasteiger partial charge in [0.25, 0.3) is 5.91 Å². The highest BCUT2D eigenvalue weighted by atomic mass is 32.1. The number of carbonyl (C=O) groups is 1. The Morgan fingerprint density at radius 3 is 2.68 bits per heavy atom. The molecule has 0 N–H and O–H groups in total.